The molecule has 0 radical (unpaired) electrons. The monoisotopic (exact) mass is 233 g/mol. The molecule has 17 heavy (non-hydrogen) atoms. The smallest absolute Gasteiger partial charge is 0.420 e. The molecule has 1 aliphatic heterocycles. The number of methoxy groups -OCH3 is 1. The van der Waals surface area contributed by atoms with E-state index in [4.69, 9.17) is 0 Å². The highest BCUT2D eigenvalue weighted by Gasteiger charge is 2.42. The Morgan fingerprint density at radius 1 is 1.35 bits per heavy atom. The van der Waals surface area contributed by atoms with E-state index in [0.717, 1.165) is 10.5 Å². The van der Waals surface area contributed by atoms with E-state index in [-0.39, 0.29) is 17.7 Å². The number of imide groups is 1. The van der Waals surface area contributed by atoms with Gasteiger partial charge in [0.05, 0.1) is 18.7 Å². The van der Waals surface area contributed by atoms with Crippen LogP contribution >= 0.6 is 0 Å². The maximum atomic E-state index is 12.2. The molecule has 1 heterocycles. The zero-order valence-electron chi connectivity index (χ0n) is 10.1. The van der Waals surface area contributed by atoms with Crippen molar-refractivity contribution in [2.24, 2.45) is 5.92 Å². The van der Waals surface area contributed by atoms with Gasteiger partial charge in [-0.05, 0) is 17.5 Å². The minimum atomic E-state index is -0.620. The van der Waals surface area contributed by atoms with Crippen LogP contribution in [0.15, 0.2) is 24.3 Å². The van der Waals surface area contributed by atoms with Crippen LogP contribution in [0.5, 0.6) is 0 Å². The summed E-state index contributed by atoms with van der Waals surface area (Å²) >= 11 is 0. The Morgan fingerprint density at radius 2 is 2.00 bits per heavy atom. The van der Waals surface area contributed by atoms with Gasteiger partial charge in [0.2, 0.25) is 5.91 Å². The molecule has 0 spiro atoms. The van der Waals surface area contributed by atoms with Gasteiger partial charge >= 0.3 is 6.09 Å². The van der Waals surface area contributed by atoms with E-state index in [1.165, 1.54) is 7.11 Å². The van der Waals surface area contributed by atoms with Crippen molar-refractivity contribution >= 4 is 17.7 Å². The number of hydrogen-bond acceptors (Lipinski definition) is 3. The first-order valence-electron chi connectivity index (χ1n) is 5.58. The van der Waals surface area contributed by atoms with Crippen LogP contribution in [-0.4, -0.2) is 19.1 Å². The topological polar surface area (TPSA) is 46.6 Å². The van der Waals surface area contributed by atoms with Gasteiger partial charge in [-0.2, -0.15) is 0 Å². The van der Waals surface area contributed by atoms with Crippen LogP contribution in [0.3, 0.4) is 0 Å². The largest absolute Gasteiger partial charge is 0.452 e. The van der Waals surface area contributed by atoms with Crippen LogP contribution in [0.1, 0.15) is 25.3 Å². The maximum absolute atomic E-state index is 12.2. The zero-order chi connectivity index (χ0) is 12.6. The number of anilines is 1. The molecule has 0 aromatic heterocycles. The minimum absolute atomic E-state index is 0.151. The SMILES string of the molecule is COC(=O)N1C(=O)C(C(C)C)c2ccccc21. The highest BCUT2D eigenvalue weighted by Crippen LogP contribution is 2.41. The van der Waals surface area contributed by atoms with E-state index in [1.807, 2.05) is 32.0 Å². The summed E-state index contributed by atoms with van der Waals surface area (Å²) in [6.07, 6.45) is -0.620. The molecule has 1 unspecified atom stereocenters. The minimum Gasteiger partial charge on any atom is -0.452 e. The molecule has 90 valence electrons. The van der Waals surface area contributed by atoms with Crippen molar-refractivity contribution in [2.45, 2.75) is 19.8 Å². The van der Waals surface area contributed by atoms with Crippen molar-refractivity contribution in [3.63, 3.8) is 0 Å². The van der Waals surface area contributed by atoms with Gasteiger partial charge in [0.1, 0.15) is 0 Å². The number of benzene rings is 1. The van der Waals surface area contributed by atoms with Gasteiger partial charge in [-0.15, -0.1) is 0 Å². The molecule has 0 saturated carbocycles. The number of fused-ring (bicyclic) bond motifs is 1. The summed E-state index contributed by atoms with van der Waals surface area (Å²) in [6.45, 7) is 3.94. The number of carbonyl (C=O) groups is 2. The van der Waals surface area contributed by atoms with Crippen LogP contribution in [0.25, 0.3) is 0 Å². The average molecular weight is 233 g/mol. The van der Waals surface area contributed by atoms with Crippen LogP contribution in [-0.2, 0) is 9.53 Å². The molecule has 1 aliphatic rings. The summed E-state index contributed by atoms with van der Waals surface area (Å²) in [5.41, 5.74) is 1.54. The highest BCUT2D eigenvalue weighted by atomic mass is 16.5. The lowest BCUT2D eigenvalue weighted by molar-refractivity contribution is -0.119. The quantitative estimate of drug-likeness (QED) is 0.748. The fraction of sp³-hybridized carbons (Fsp3) is 0.385. The molecule has 0 N–H and O–H groups in total. The van der Waals surface area contributed by atoms with Crippen LogP contribution in [0, 0.1) is 5.92 Å². The lowest BCUT2D eigenvalue weighted by atomic mass is 9.90. The second-order valence-electron chi connectivity index (χ2n) is 4.42. The maximum Gasteiger partial charge on any atom is 0.420 e. The first-order valence-corrected chi connectivity index (χ1v) is 5.58. The molecule has 0 aliphatic carbocycles. The third-order valence-corrected chi connectivity index (χ3v) is 3.02. The van der Waals surface area contributed by atoms with Crippen LogP contribution in [0.4, 0.5) is 10.5 Å². The van der Waals surface area contributed by atoms with Gasteiger partial charge in [-0.25, -0.2) is 9.69 Å². The lowest BCUT2D eigenvalue weighted by Crippen LogP contribution is -2.35. The standard InChI is InChI=1S/C13H15NO3/c1-8(2)11-9-6-4-5-7-10(9)14(12(11)15)13(16)17-3/h4-8,11H,1-3H3. The van der Waals surface area contributed by atoms with Gasteiger partial charge in [-0.3, -0.25) is 4.79 Å². The van der Waals surface area contributed by atoms with Crippen molar-refractivity contribution in [3.8, 4) is 0 Å². The van der Waals surface area contributed by atoms with Crippen molar-refractivity contribution < 1.29 is 14.3 Å². The Morgan fingerprint density at radius 3 is 2.59 bits per heavy atom. The molecule has 0 fully saturated rings. The second-order valence-corrected chi connectivity index (χ2v) is 4.42. The van der Waals surface area contributed by atoms with Crippen molar-refractivity contribution in [1.82, 2.24) is 0 Å². The lowest BCUT2D eigenvalue weighted by Gasteiger charge is -2.15. The summed E-state index contributed by atoms with van der Waals surface area (Å²) in [6, 6.07) is 7.35. The predicted molar refractivity (Wildman–Crippen MR) is 63.9 cm³/mol. The third-order valence-electron chi connectivity index (χ3n) is 3.02. The molecule has 0 saturated heterocycles. The highest BCUT2D eigenvalue weighted by molar-refractivity contribution is 6.19. The molecule has 1 atom stereocenters. The number of para-hydroxylation sites is 1. The summed E-state index contributed by atoms with van der Waals surface area (Å²) in [5.74, 6) is -0.309. The van der Waals surface area contributed by atoms with Crippen molar-refractivity contribution in [3.05, 3.63) is 29.8 Å². The van der Waals surface area contributed by atoms with E-state index >= 15 is 0 Å². The molecule has 1 aromatic carbocycles. The van der Waals surface area contributed by atoms with Gasteiger partial charge in [0, 0.05) is 0 Å². The van der Waals surface area contributed by atoms with Gasteiger partial charge in [0.25, 0.3) is 0 Å². The van der Waals surface area contributed by atoms with E-state index in [0.29, 0.717) is 5.69 Å². The summed E-state index contributed by atoms with van der Waals surface area (Å²) in [4.78, 5) is 25.0. The van der Waals surface area contributed by atoms with Gasteiger partial charge < -0.3 is 4.74 Å². The Labute approximate surface area is 100 Å². The first-order chi connectivity index (χ1) is 8.07. The summed E-state index contributed by atoms with van der Waals surface area (Å²) in [5, 5.41) is 0. The van der Waals surface area contributed by atoms with Gasteiger partial charge in [-0.1, -0.05) is 32.0 Å². The van der Waals surface area contributed by atoms with Crippen LogP contribution in [0.2, 0.25) is 0 Å². The molecule has 2 rings (SSSR count). The van der Waals surface area contributed by atoms with Crippen molar-refractivity contribution in [2.75, 3.05) is 12.0 Å². The Kier molecular flexibility index (Phi) is 2.88. The van der Waals surface area contributed by atoms with Crippen LogP contribution < -0.4 is 4.90 Å². The van der Waals surface area contributed by atoms with Gasteiger partial charge in [0.15, 0.2) is 0 Å². The predicted octanol–water partition coefficient (Wildman–Crippen LogP) is 2.54. The number of amides is 2. The fourth-order valence-electron chi connectivity index (χ4n) is 2.27. The molecule has 0 bridgehead atoms. The number of carbonyl (C=O) groups excluding carboxylic acids is 2. The number of nitrogens with zero attached hydrogens (tertiary/aromatic N) is 1. The molecular formula is C13H15NO3. The summed E-state index contributed by atoms with van der Waals surface area (Å²) < 4.78 is 4.66. The molecular weight excluding hydrogens is 218 g/mol. The normalized spacial score (nSPS) is 18.5. The molecule has 2 amide bonds. The fourth-order valence-corrected chi connectivity index (χ4v) is 2.27. The van der Waals surface area contributed by atoms with E-state index in [9.17, 15) is 9.59 Å². The Bertz CT molecular complexity index is 467. The van der Waals surface area contributed by atoms with E-state index < -0.39 is 6.09 Å². The molecule has 4 nitrogen and oxygen atoms in total. The average Bonchev–Trinajstić information content (AvgIpc) is 2.60. The molecule has 1 aromatic rings. The van der Waals surface area contributed by atoms with E-state index in [2.05, 4.69) is 4.74 Å². The first kappa shape index (κ1) is 11.6. The van der Waals surface area contributed by atoms with Crippen molar-refractivity contribution in [1.29, 1.82) is 0 Å². The third kappa shape index (κ3) is 1.69. The number of hydrogen-bond donors (Lipinski definition) is 0. The Hall–Kier alpha value is -1.84. The second kappa shape index (κ2) is 4.20. The number of rotatable bonds is 1. The summed E-state index contributed by atoms with van der Waals surface area (Å²) in [7, 11) is 1.28. The Balaban J connectivity index is 2.53. The zero-order valence-corrected chi connectivity index (χ0v) is 10.1. The number of ether oxygens (including phenoxy) is 1. The molecule has 4 heteroatoms. The van der Waals surface area contributed by atoms with E-state index in [1.54, 1.807) is 6.07 Å².